The molecule has 2 N–H and O–H groups in total. The molecular weight excluding hydrogens is 303 g/mol. The van der Waals surface area contributed by atoms with Gasteiger partial charge in [0.2, 0.25) is 0 Å². The van der Waals surface area contributed by atoms with E-state index in [-0.39, 0.29) is 10.2 Å². The number of aromatic nitrogens is 2. The Labute approximate surface area is 121 Å². The zero-order valence-electron chi connectivity index (χ0n) is 10.4. The standard InChI is InChI=1S/C13H8F3N3OS/c14-13(15,16)7-3-4-18-11(5-7)21-12-19-9-2-1-8(17)6-10(9)20-12/h1-6H,17H2. The second-order valence-electron chi connectivity index (χ2n) is 4.19. The maximum atomic E-state index is 12.6. The Morgan fingerprint density at radius 1 is 1.14 bits per heavy atom. The van der Waals surface area contributed by atoms with Gasteiger partial charge < -0.3 is 10.2 Å². The van der Waals surface area contributed by atoms with Gasteiger partial charge in [0, 0.05) is 18.0 Å². The molecule has 0 radical (unpaired) electrons. The molecule has 0 fully saturated rings. The Bertz CT molecular complexity index is 801. The Hall–Kier alpha value is -2.22. The molecule has 2 heterocycles. The highest BCUT2D eigenvalue weighted by molar-refractivity contribution is 7.99. The van der Waals surface area contributed by atoms with Crippen molar-refractivity contribution in [2.24, 2.45) is 0 Å². The van der Waals surface area contributed by atoms with Crippen LogP contribution in [0.3, 0.4) is 0 Å². The van der Waals surface area contributed by atoms with Gasteiger partial charge in [-0.3, -0.25) is 0 Å². The van der Waals surface area contributed by atoms with Gasteiger partial charge in [0.25, 0.3) is 5.22 Å². The molecule has 8 heteroatoms. The van der Waals surface area contributed by atoms with Crippen molar-refractivity contribution in [3.8, 4) is 0 Å². The number of benzene rings is 1. The van der Waals surface area contributed by atoms with Gasteiger partial charge in [0.1, 0.15) is 10.5 Å². The van der Waals surface area contributed by atoms with Crippen LogP contribution in [0.1, 0.15) is 5.56 Å². The predicted octanol–water partition coefficient (Wildman–Crippen LogP) is 3.98. The minimum absolute atomic E-state index is 0.157. The fourth-order valence-electron chi connectivity index (χ4n) is 1.69. The molecule has 108 valence electrons. The van der Waals surface area contributed by atoms with Crippen molar-refractivity contribution in [2.75, 3.05) is 5.73 Å². The van der Waals surface area contributed by atoms with Crippen LogP contribution in [-0.2, 0) is 6.18 Å². The number of anilines is 1. The summed E-state index contributed by atoms with van der Waals surface area (Å²) >= 11 is 0.920. The highest BCUT2D eigenvalue weighted by Gasteiger charge is 2.30. The second-order valence-corrected chi connectivity index (χ2v) is 5.16. The van der Waals surface area contributed by atoms with Crippen LogP contribution in [0.25, 0.3) is 11.1 Å². The molecule has 21 heavy (non-hydrogen) atoms. The lowest BCUT2D eigenvalue weighted by molar-refractivity contribution is -0.137. The van der Waals surface area contributed by atoms with Crippen molar-refractivity contribution in [3.63, 3.8) is 0 Å². The number of halogens is 3. The molecular formula is C13H8F3N3OS. The number of hydrogen-bond acceptors (Lipinski definition) is 5. The average Bonchev–Trinajstić information content (AvgIpc) is 2.79. The van der Waals surface area contributed by atoms with Crippen LogP contribution >= 0.6 is 11.8 Å². The molecule has 3 rings (SSSR count). The zero-order valence-corrected chi connectivity index (χ0v) is 11.2. The Kier molecular flexibility index (Phi) is 3.25. The molecule has 0 saturated heterocycles. The summed E-state index contributed by atoms with van der Waals surface area (Å²) in [5, 5.41) is 0.367. The number of nitrogens with two attached hydrogens (primary N) is 1. The van der Waals surface area contributed by atoms with Crippen molar-refractivity contribution in [2.45, 2.75) is 16.4 Å². The number of alkyl halides is 3. The third kappa shape index (κ3) is 2.94. The monoisotopic (exact) mass is 311 g/mol. The fraction of sp³-hybridized carbons (Fsp3) is 0.0769. The number of nitrogen functional groups attached to an aromatic ring is 1. The summed E-state index contributed by atoms with van der Waals surface area (Å²) in [6, 6.07) is 6.82. The van der Waals surface area contributed by atoms with E-state index < -0.39 is 11.7 Å². The first kappa shape index (κ1) is 13.7. The molecule has 1 aromatic carbocycles. The van der Waals surface area contributed by atoms with Crippen LogP contribution in [0.4, 0.5) is 18.9 Å². The molecule has 0 aliphatic carbocycles. The summed E-state index contributed by atoms with van der Waals surface area (Å²) in [4.78, 5) is 8.03. The average molecular weight is 311 g/mol. The first-order valence-electron chi connectivity index (χ1n) is 5.79. The van der Waals surface area contributed by atoms with E-state index in [0.29, 0.717) is 16.8 Å². The molecule has 0 saturated carbocycles. The van der Waals surface area contributed by atoms with Gasteiger partial charge in [-0.25, -0.2) is 9.97 Å². The highest BCUT2D eigenvalue weighted by atomic mass is 32.2. The van der Waals surface area contributed by atoms with Crippen LogP contribution in [0.15, 0.2) is 51.2 Å². The van der Waals surface area contributed by atoms with Gasteiger partial charge in [-0.15, -0.1) is 0 Å². The molecule has 0 aliphatic heterocycles. The molecule has 0 atom stereocenters. The van der Waals surface area contributed by atoms with Crippen molar-refractivity contribution in [3.05, 3.63) is 42.1 Å². The van der Waals surface area contributed by atoms with E-state index >= 15 is 0 Å². The van der Waals surface area contributed by atoms with Crippen molar-refractivity contribution in [1.29, 1.82) is 0 Å². The molecule has 0 aliphatic rings. The maximum absolute atomic E-state index is 12.6. The van der Waals surface area contributed by atoms with Crippen LogP contribution < -0.4 is 5.73 Å². The van der Waals surface area contributed by atoms with E-state index in [1.807, 2.05) is 0 Å². The topological polar surface area (TPSA) is 64.9 Å². The Morgan fingerprint density at radius 2 is 1.95 bits per heavy atom. The van der Waals surface area contributed by atoms with Gasteiger partial charge in [0.15, 0.2) is 5.58 Å². The summed E-state index contributed by atoms with van der Waals surface area (Å²) in [5.74, 6) is 0. The first-order valence-corrected chi connectivity index (χ1v) is 6.61. The number of hydrogen-bond donors (Lipinski definition) is 1. The van der Waals surface area contributed by atoms with E-state index in [2.05, 4.69) is 9.97 Å². The van der Waals surface area contributed by atoms with Crippen LogP contribution in [0.2, 0.25) is 0 Å². The smallest absolute Gasteiger partial charge is 0.416 e. The Morgan fingerprint density at radius 3 is 2.71 bits per heavy atom. The largest absolute Gasteiger partial charge is 0.431 e. The summed E-state index contributed by atoms with van der Waals surface area (Å²) in [5.41, 5.74) is 6.44. The number of nitrogens with zero attached hydrogens (tertiary/aromatic N) is 2. The number of fused-ring (bicyclic) bond motifs is 1. The highest BCUT2D eigenvalue weighted by Crippen LogP contribution is 2.34. The maximum Gasteiger partial charge on any atom is 0.416 e. The third-order valence-electron chi connectivity index (χ3n) is 2.65. The van der Waals surface area contributed by atoms with Crippen molar-refractivity contribution in [1.82, 2.24) is 9.97 Å². The molecule has 3 aromatic rings. The lowest BCUT2D eigenvalue weighted by Crippen LogP contribution is -2.04. The summed E-state index contributed by atoms with van der Waals surface area (Å²) in [7, 11) is 0. The lowest BCUT2D eigenvalue weighted by atomic mass is 10.3. The predicted molar refractivity (Wildman–Crippen MR) is 71.8 cm³/mol. The second kappa shape index (κ2) is 4.96. The quantitative estimate of drug-likeness (QED) is 0.725. The molecule has 0 amide bonds. The van der Waals surface area contributed by atoms with Gasteiger partial charge in [-0.2, -0.15) is 13.2 Å². The van der Waals surface area contributed by atoms with Gasteiger partial charge in [-0.1, -0.05) is 0 Å². The normalized spacial score (nSPS) is 12.0. The lowest BCUT2D eigenvalue weighted by Gasteiger charge is -2.06. The minimum Gasteiger partial charge on any atom is -0.431 e. The van der Waals surface area contributed by atoms with E-state index in [0.717, 1.165) is 30.1 Å². The molecule has 0 bridgehead atoms. The molecule has 0 unspecified atom stereocenters. The van der Waals surface area contributed by atoms with E-state index in [1.54, 1.807) is 18.2 Å². The van der Waals surface area contributed by atoms with Crippen molar-refractivity contribution >= 4 is 28.5 Å². The number of pyridine rings is 1. The van der Waals surface area contributed by atoms with Crippen LogP contribution in [0.5, 0.6) is 0 Å². The first-order chi connectivity index (χ1) is 9.91. The van der Waals surface area contributed by atoms with Crippen molar-refractivity contribution < 1.29 is 17.6 Å². The van der Waals surface area contributed by atoms with Gasteiger partial charge >= 0.3 is 6.18 Å². The summed E-state index contributed by atoms with van der Waals surface area (Å²) in [6.07, 6.45) is -3.31. The fourth-order valence-corrected chi connectivity index (χ4v) is 2.45. The van der Waals surface area contributed by atoms with E-state index in [4.69, 9.17) is 10.2 Å². The summed E-state index contributed by atoms with van der Waals surface area (Å²) < 4.78 is 43.3. The van der Waals surface area contributed by atoms with E-state index in [9.17, 15) is 13.2 Å². The third-order valence-corrected chi connectivity index (χ3v) is 3.43. The van der Waals surface area contributed by atoms with Crippen LogP contribution in [-0.4, -0.2) is 9.97 Å². The van der Waals surface area contributed by atoms with Gasteiger partial charge in [0.05, 0.1) is 5.56 Å². The van der Waals surface area contributed by atoms with Gasteiger partial charge in [-0.05, 0) is 36.0 Å². The molecule has 2 aromatic heterocycles. The molecule has 4 nitrogen and oxygen atoms in total. The van der Waals surface area contributed by atoms with E-state index in [1.165, 1.54) is 0 Å². The number of oxazole rings is 1. The van der Waals surface area contributed by atoms with Crippen LogP contribution in [0, 0.1) is 0 Å². The minimum atomic E-state index is -4.41. The Balaban J connectivity index is 1.91. The zero-order chi connectivity index (χ0) is 15.0. The summed E-state index contributed by atoms with van der Waals surface area (Å²) in [6.45, 7) is 0. The number of rotatable bonds is 2. The SMILES string of the molecule is Nc1ccc2nc(Sc3cc(C(F)(F)F)ccn3)oc2c1. The molecule has 0 spiro atoms.